The first-order chi connectivity index (χ1) is 12.4. The Hall–Kier alpha value is -1.54. The van der Waals surface area contributed by atoms with E-state index in [0.717, 1.165) is 11.3 Å². The van der Waals surface area contributed by atoms with Gasteiger partial charge in [0.05, 0.1) is 34.2 Å². The van der Waals surface area contributed by atoms with Crippen LogP contribution in [0, 0.1) is 6.92 Å². The highest BCUT2D eigenvalue weighted by molar-refractivity contribution is 7.80. The van der Waals surface area contributed by atoms with Crippen molar-refractivity contribution in [2.75, 3.05) is 6.54 Å². The van der Waals surface area contributed by atoms with Gasteiger partial charge in [-0.2, -0.15) is 0 Å². The van der Waals surface area contributed by atoms with Crippen LogP contribution in [0.4, 0.5) is 0 Å². The maximum Gasteiger partial charge on any atom is 0.143 e. The Labute approximate surface area is 168 Å². The largest absolute Gasteiger partial charge is 0.391 e. The van der Waals surface area contributed by atoms with E-state index in [4.69, 9.17) is 40.6 Å². The molecular weight excluding hydrogens is 390 g/mol. The lowest BCUT2D eigenvalue weighted by molar-refractivity contribution is 0.188. The topological polar surface area (TPSA) is 61.5 Å². The van der Waals surface area contributed by atoms with E-state index >= 15 is 0 Å². The molecular formula is C18H20ClN3O2S2. The molecule has 26 heavy (non-hydrogen) atoms. The minimum absolute atomic E-state index is 0.121. The van der Waals surface area contributed by atoms with Crippen molar-refractivity contribution in [1.82, 2.24) is 15.4 Å². The Kier molecular flexibility index (Phi) is 6.24. The van der Waals surface area contributed by atoms with Crippen molar-refractivity contribution in [1.29, 1.82) is 0 Å². The number of aliphatic hydroxyl groups is 1. The van der Waals surface area contributed by atoms with Crippen LogP contribution < -0.4 is 5.32 Å². The third kappa shape index (κ3) is 4.79. The Morgan fingerprint density at radius 1 is 1.38 bits per heavy atom. The van der Waals surface area contributed by atoms with Crippen LogP contribution in [-0.4, -0.2) is 43.8 Å². The standard InChI is InChI=1S/C18H20ClN3O2S2/c1-11-6-15(24-21-11)8-17(25)22-10-14(23)7-16(22)18(26)20-9-12-2-4-13(19)5-3-12/h2-6,14,16,23H,7-10H2,1H3,(H,20,26). The van der Waals surface area contributed by atoms with Crippen LogP contribution in [0.1, 0.15) is 23.4 Å². The summed E-state index contributed by atoms with van der Waals surface area (Å²) in [5, 5.41) is 18.0. The van der Waals surface area contributed by atoms with Gasteiger partial charge in [-0.05, 0) is 24.6 Å². The summed E-state index contributed by atoms with van der Waals surface area (Å²) in [6.45, 7) is 2.94. The van der Waals surface area contributed by atoms with E-state index in [0.29, 0.717) is 46.7 Å². The summed E-state index contributed by atoms with van der Waals surface area (Å²) in [4.78, 5) is 3.35. The van der Waals surface area contributed by atoms with Crippen molar-refractivity contribution >= 4 is 46.0 Å². The fourth-order valence-corrected chi connectivity index (χ4v) is 3.76. The zero-order valence-corrected chi connectivity index (χ0v) is 16.7. The van der Waals surface area contributed by atoms with E-state index in [1.807, 2.05) is 42.2 Å². The Morgan fingerprint density at radius 2 is 2.12 bits per heavy atom. The van der Waals surface area contributed by atoms with Crippen LogP contribution in [0.2, 0.25) is 5.02 Å². The molecule has 1 aromatic carbocycles. The zero-order chi connectivity index (χ0) is 18.7. The molecule has 2 unspecified atom stereocenters. The van der Waals surface area contributed by atoms with Gasteiger partial charge in [-0.25, -0.2) is 0 Å². The molecule has 1 aromatic heterocycles. The summed E-state index contributed by atoms with van der Waals surface area (Å²) < 4.78 is 5.25. The molecule has 1 fully saturated rings. The summed E-state index contributed by atoms with van der Waals surface area (Å²) in [5.41, 5.74) is 1.91. The molecule has 2 heterocycles. The molecule has 8 heteroatoms. The average Bonchev–Trinajstić information content (AvgIpc) is 3.19. The van der Waals surface area contributed by atoms with Crippen molar-refractivity contribution in [3.05, 3.63) is 52.4 Å². The summed E-state index contributed by atoms with van der Waals surface area (Å²) in [5.74, 6) is 0.715. The number of likely N-dealkylation sites (tertiary alicyclic amines) is 1. The van der Waals surface area contributed by atoms with Crippen LogP contribution in [0.3, 0.4) is 0 Å². The molecule has 5 nitrogen and oxygen atoms in total. The van der Waals surface area contributed by atoms with Gasteiger partial charge in [0, 0.05) is 30.6 Å². The van der Waals surface area contributed by atoms with E-state index in [-0.39, 0.29) is 6.04 Å². The summed E-state index contributed by atoms with van der Waals surface area (Å²) in [6, 6.07) is 9.35. The zero-order valence-electron chi connectivity index (χ0n) is 14.3. The maximum atomic E-state index is 10.1. The van der Waals surface area contributed by atoms with Gasteiger partial charge >= 0.3 is 0 Å². The van der Waals surface area contributed by atoms with E-state index in [2.05, 4.69) is 10.5 Å². The van der Waals surface area contributed by atoms with Crippen LogP contribution in [0.5, 0.6) is 0 Å². The number of hydrogen-bond acceptors (Lipinski definition) is 5. The minimum atomic E-state index is -0.454. The first-order valence-corrected chi connectivity index (χ1v) is 9.53. The number of nitrogens with zero attached hydrogens (tertiary/aromatic N) is 2. The van der Waals surface area contributed by atoms with Gasteiger partial charge in [-0.3, -0.25) is 0 Å². The van der Waals surface area contributed by atoms with Crippen LogP contribution in [0.15, 0.2) is 34.9 Å². The second-order valence-corrected chi connectivity index (χ2v) is 7.75. The molecule has 0 aliphatic carbocycles. The lowest BCUT2D eigenvalue weighted by Gasteiger charge is -2.27. The molecule has 0 saturated carbocycles. The number of aromatic nitrogens is 1. The number of thiocarbonyl (C=S) groups is 2. The molecule has 2 N–H and O–H groups in total. The molecule has 0 radical (unpaired) electrons. The highest BCUT2D eigenvalue weighted by Gasteiger charge is 2.35. The van der Waals surface area contributed by atoms with Gasteiger partial charge in [-0.15, -0.1) is 0 Å². The summed E-state index contributed by atoms with van der Waals surface area (Å²) in [6.07, 6.45) is 0.575. The molecule has 1 aliphatic rings. The molecule has 3 rings (SSSR count). The predicted octanol–water partition coefficient (Wildman–Crippen LogP) is 3.06. The smallest absolute Gasteiger partial charge is 0.143 e. The number of benzene rings is 1. The van der Waals surface area contributed by atoms with E-state index in [9.17, 15) is 5.11 Å². The fraction of sp³-hybridized carbons (Fsp3) is 0.389. The highest BCUT2D eigenvalue weighted by atomic mass is 35.5. The van der Waals surface area contributed by atoms with Crippen LogP contribution in [-0.2, 0) is 13.0 Å². The third-order valence-electron chi connectivity index (χ3n) is 4.28. The number of aliphatic hydroxyl groups excluding tert-OH is 1. The van der Waals surface area contributed by atoms with E-state index in [1.54, 1.807) is 0 Å². The molecule has 2 aromatic rings. The summed E-state index contributed by atoms with van der Waals surface area (Å²) >= 11 is 17.1. The fourth-order valence-electron chi connectivity index (χ4n) is 3.00. The first-order valence-electron chi connectivity index (χ1n) is 8.34. The van der Waals surface area contributed by atoms with Crippen LogP contribution >= 0.6 is 36.0 Å². The lowest BCUT2D eigenvalue weighted by Crippen LogP contribution is -2.44. The minimum Gasteiger partial charge on any atom is -0.391 e. The Morgan fingerprint density at radius 3 is 2.77 bits per heavy atom. The summed E-state index contributed by atoms with van der Waals surface area (Å²) in [7, 11) is 0. The van der Waals surface area contributed by atoms with Gasteiger partial charge in [0.15, 0.2) is 0 Å². The van der Waals surface area contributed by atoms with Gasteiger partial charge in [0.25, 0.3) is 0 Å². The molecule has 1 aliphatic heterocycles. The predicted molar refractivity (Wildman–Crippen MR) is 110 cm³/mol. The highest BCUT2D eigenvalue weighted by Crippen LogP contribution is 2.21. The monoisotopic (exact) mass is 409 g/mol. The van der Waals surface area contributed by atoms with Gasteiger partial charge in [0.1, 0.15) is 5.76 Å². The Bertz CT molecular complexity index is 794. The number of β-amino-alcohol motifs (C(OH)–C–C–N with tert-alkyl or cyclic N) is 1. The lowest BCUT2D eigenvalue weighted by atomic mass is 10.1. The quantitative estimate of drug-likeness (QED) is 0.736. The van der Waals surface area contributed by atoms with Crippen molar-refractivity contribution in [3.63, 3.8) is 0 Å². The molecule has 0 bridgehead atoms. The van der Waals surface area contributed by atoms with Gasteiger partial charge in [0.2, 0.25) is 0 Å². The number of hydrogen-bond donors (Lipinski definition) is 2. The van der Waals surface area contributed by atoms with Gasteiger partial charge in [-0.1, -0.05) is 53.3 Å². The SMILES string of the molecule is Cc1cc(CC(=S)N2CC(O)CC2C(=S)NCc2ccc(Cl)cc2)on1. The second-order valence-electron chi connectivity index (χ2n) is 6.41. The van der Waals surface area contributed by atoms with Crippen molar-refractivity contribution < 1.29 is 9.63 Å². The molecule has 2 atom stereocenters. The number of aryl methyl sites for hydroxylation is 1. The van der Waals surface area contributed by atoms with Crippen molar-refractivity contribution in [2.24, 2.45) is 0 Å². The first kappa shape index (κ1) is 19.2. The molecule has 0 amide bonds. The second kappa shape index (κ2) is 8.43. The third-order valence-corrected chi connectivity index (χ3v) is 5.33. The molecule has 1 saturated heterocycles. The number of rotatable bonds is 5. The number of nitrogens with one attached hydrogen (secondary N) is 1. The van der Waals surface area contributed by atoms with Gasteiger partial charge < -0.3 is 19.8 Å². The average molecular weight is 410 g/mol. The Balaban J connectivity index is 1.61. The molecule has 0 spiro atoms. The van der Waals surface area contributed by atoms with Crippen LogP contribution in [0.25, 0.3) is 0 Å². The maximum absolute atomic E-state index is 10.1. The molecule has 138 valence electrons. The number of halogens is 1. The van der Waals surface area contributed by atoms with Crippen molar-refractivity contribution in [2.45, 2.75) is 38.5 Å². The normalized spacial score (nSPS) is 19.6. The van der Waals surface area contributed by atoms with Crippen molar-refractivity contribution in [3.8, 4) is 0 Å². The van der Waals surface area contributed by atoms with E-state index < -0.39 is 6.10 Å². The van der Waals surface area contributed by atoms with E-state index in [1.165, 1.54) is 0 Å².